The van der Waals surface area contributed by atoms with Crippen molar-refractivity contribution in [3.8, 4) is 22.8 Å². The van der Waals surface area contributed by atoms with Crippen LogP contribution in [0.25, 0.3) is 17.1 Å². The van der Waals surface area contributed by atoms with Crippen molar-refractivity contribution in [2.45, 2.75) is 60.5 Å². The summed E-state index contributed by atoms with van der Waals surface area (Å²) in [6.45, 7) is 14.4. The van der Waals surface area contributed by atoms with Crippen molar-refractivity contribution in [1.29, 1.82) is 0 Å². The molecule has 6 nitrogen and oxygen atoms in total. The molecule has 0 N–H and O–H groups in total. The predicted octanol–water partition coefficient (Wildman–Crippen LogP) is 5.80. The Hall–Kier alpha value is -3.80. The van der Waals surface area contributed by atoms with Crippen molar-refractivity contribution in [3.05, 3.63) is 99.0 Å². The molecule has 0 atom stereocenters. The van der Waals surface area contributed by atoms with Crippen molar-refractivity contribution in [2.75, 3.05) is 0 Å². The number of pyridine rings is 2. The zero-order chi connectivity index (χ0) is 25.3. The molecule has 3 aromatic heterocycles. The minimum Gasteiger partial charge on any atom is -0.488 e. The smallest absolute Gasteiger partial charge is 0.261 e. The summed E-state index contributed by atoms with van der Waals surface area (Å²) in [4.78, 5) is 27.2. The van der Waals surface area contributed by atoms with Crippen LogP contribution in [-0.2, 0) is 12.0 Å². The number of benzene rings is 1. The second-order valence-corrected chi connectivity index (χ2v) is 10.1. The lowest BCUT2D eigenvalue weighted by Crippen LogP contribution is -2.24. The number of aromatic nitrogens is 4. The zero-order valence-corrected chi connectivity index (χ0v) is 21.5. The number of hydrogen-bond donors (Lipinski definition) is 0. The van der Waals surface area contributed by atoms with Gasteiger partial charge in [0.1, 0.15) is 18.2 Å². The fourth-order valence-electron chi connectivity index (χ4n) is 3.96. The van der Waals surface area contributed by atoms with Crippen molar-refractivity contribution in [2.24, 2.45) is 0 Å². The summed E-state index contributed by atoms with van der Waals surface area (Å²) < 4.78 is 7.78. The van der Waals surface area contributed by atoms with E-state index in [0.717, 1.165) is 34.0 Å². The lowest BCUT2D eigenvalue weighted by molar-refractivity contribution is 0.302. The van der Waals surface area contributed by atoms with Gasteiger partial charge in [0.15, 0.2) is 0 Å². The molecular formula is C29H32N4O2. The molecule has 1 aromatic carbocycles. The molecule has 0 aliphatic carbocycles. The Morgan fingerprint density at radius 1 is 0.943 bits per heavy atom. The Balaban J connectivity index is 1.72. The van der Waals surface area contributed by atoms with Crippen LogP contribution in [0.4, 0.5) is 0 Å². The first-order valence-corrected chi connectivity index (χ1v) is 11.8. The Morgan fingerprint density at radius 2 is 1.71 bits per heavy atom. The van der Waals surface area contributed by atoms with Gasteiger partial charge in [0.25, 0.3) is 5.56 Å². The highest BCUT2D eigenvalue weighted by atomic mass is 16.5. The normalized spacial score (nSPS) is 11.5. The fourth-order valence-corrected chi connectivity index (χ4v) is 3.96. The molecule has 0 unspecified atom stereocenters. The van der Waals surface area contributed by atoms with Gasteiger partial charge in [-0.2, -0.15) is 0 Å². The van der Waals surface area contributed by atoms with Crippen molar-refractivity contribution in [1.82, 2.24) is 19.5 Å². The average molecular weight is 469 g/mol. The third-order valence-electron chi connectivity index (χ3n) is 5.97. The molecule has 0 spiro atoms. The highest BCUT2D eigenvalue weighted by Crippen LogP contribution is 2.26. The topological polar surface area (TPSA) is 69.9 Å². The molecule has 180 valence electrons. The van der Waals surface area contributed by atoms with E-state index in [2.05, 4.69) is 49.8 Å². The largest absolute Gasteiger partial charge is 0.488 e. The molecule has 0 bridgehead atoms. The summed E-state index contributed by atoms with van der Waals surface area (Å²) in [6.07, 6.45) is 3.54. The van der Waals surface area contributed by atoms with Gasteiger partial charge in [0.2, 0.25) is 0 Å². The van der Waals surface area contributed by atoms with Crippen LogP contribution in [0.3, 0.4) is 0 Å². The highest BCUT2D eigenvalue weighted by molar-refractivity contribution is 5.59. The summed E-state index contributed by atoms with van der Waals surface area (Å²) >= 11 is 0. The molecule has 0 radical (unpaired) electrons. The number of aryl methyl sites for hydroxylation is 3. The zero-order valence-electron chi connectivity index (χ0n) is 21.5. The SMILES string of the molecule is Cc1cccc(COc2cc(C)n(-c3cc(-c4ccnc(C(C)(C)C)n4)ncc3C)c(=O)c2C)c1. The van der Waals surface area contributed by atoms with E-state index >= 15 is 0 Å². The van der Waals surface area contributed by atoms with Gasteiger partial charge in [0, 0.05) is 29.6 Å². The molecule has 0 fully saturated rings. The van der Waals surface area contributed by atoms with Crippen LogP contribution < -0.4 is 10.3 Å². The fraction of sp³-hybridized carbons (Fsp3) is 0.310. The lowest BCUT2D eigenvalue weighted by atomic mass is 9.95. The number of nitrogens with zero attached hydrogens (tertiary/aromatic N) is 4. The third kappa shape index (κ3) is 5.16. The van der Waals surface area contributed by atoms with Gasteiger partial charge in [0.05, 0.1) is 22.6 Å². The molecule has 0 saturated carbocycles. The predicted molar refractivity (Wildman–Crippen MR) is 139 cm³/mol. The molecule has 0 amide bonds. The number of hydrogen-bond acceptors (Lipinski definition) is 5. The highest BCUT2D eigenvalue weighted by Gasteiger charge is 2.19. The van der Waals surface area contributed by atoms with Gasteiger partial charge in [-0.3, -0.25) is 14.3 Å². The second kappa shape index (κ2) is 9.45. The first kappa shape index (κ1) is 24.3. The Morgan fingerprint density at radius 3 is 2.43 bits per heavy atom. The Bertz CT molecular complexity index is 1450. The van der Waals surface area contributed by atoms with Crippen LogP contribution >= 0.6 is 0 Å². The van der Waals surface area contributed by atoms with Crippen LogP contribution in [0.2, 0.25) is 0 Å². The van der Waals surface area contributed by atoms with E-state index in [9.17, 15) is 4.79 Å². The summed E-state index contributed by atoms with van der Waals surface area (Å²) in [7, 11) is 0. The first-order chi connectivity index (χ1) is 16.5. The maximum Gasteiger partial charge on any atom is 0.261 e. The minimum atomic E-state index is -0.178. The molecule has 0 aliphatic heterocycles. The second-order valence-electron chi connectivity index (χ2n) is 10.1. The lowest BCUT2D eigenvalue weighted by Gasteiger charge is -2.18. The first-order valence-electron chi connectivity index (χ1n) is 11.8. The maximum atomic E-state index is 13.5. The summed E-state index contributed by atoms with van der Waals surface area (Å²) in [5.74, 6) is 1.35. The van der Waals surface area contributed by atoms with E-state index in [4.69, 9.17) is 9.72 Å². The van der Waals surface area contributed by atoms with E-state index in [1.165, 1.54) is 5.56 Å². The van der Waals surface area contributed by atoms with E-state index in [-0.39, 0.29) is 11.0 Å². The average Bonchev–Trinajstić information content (AvgIpc) is 2.81. The summed E-state index contributed by atoms with van der Waals surface area (Å²) in [6, 6.07) is 13.9. The van der Waals surface area contributed by atoms with Gasteiger partial charge >= 0.3 is 0 Å². The van der Waals surface area contributed by atoms with Gasteiger partial charge in [-0.05, 0) is 51.0 Å². The monoisotopic (exact) mass is 468 g/mol. The third-order valence-corrected chi connectivity index (χ3v) is 5.97. The molecule has 4 rings (SSSR count). The van der Waals surface area contributed by atoms with Gasteiger partial charge < -0.3 is 4.74 Å². The molecule has 0 saturated heterocycles. The summed E-state index contributed by atoms with van der Waals surface area (Å²) in [5.41, 5.74) is 6.42. The van der Waals surface area contributed by atoms with Crippen LogP contribution in [-0.4, -0.2) is 19.5 Å². The van der Waals surface area contributed by atoms with Crippen molar-refractivity contribution >= 4 is 0 Å². The molecule has 6 heteroatoms. The van der Waals surface area contributed by atoms with Gasteiger partial charge in [-0.25, -0.2) is 9.97 Å². The molecule has 0 aliphatic rings. The van der Waals surface area contributed by atoms with Crippen LogP contribution in [0.5, 0.6) is 5.75 Å². The summed E-state index contributed by atoms with van der Waals surface area (Å²) in [5, 5.41) is 0. The van der Waals surface area contributed by atoms with Crippen molar-refractivity contribution < 1.29 is 4.74 Å². The Labute approximate surface area is 206 Å². The van der Waals surface area contributed by atoms with Crippen molar-refractivity contribution in [3.63, 3.8) is 0 Å². The van der Waals surface area contributed by atoms with E-state index in [1.54, 1.807) is 23.9 Å². The van der Waals surface area contributed by atoms with Gasteiger partial charge in [-0.1, -0.05) is 50.6 Å². The number of rotatable bonds is 5. The van der Waals surface area contributed by atoms with Crippen LogP contribution in [0, 0.1) is 27.7 Å². The number of ether oxygens (including phenoxy) is 1. The van der Waals surface area contributed by atoms with Gasteiger partial charge in [-0.15, -0.1) is 0 Å². The Kier molecular flexibility index (Phi) is 6.57. The van der Waals surface area contributed by atoms with E-state index < -0.39 is 0 Å². The molecule has 4 aromatic rings. The maximum absolute atomic E-state index is 13.5. The minimum absolute atomic E-state index is 0.109. The molecule has 3 heterocycles. The van der Waals surface area contributed by atoms with E-state index in [0.29, 0.717) is 23.6 Å². The quantitative estimate of drug-likeness (QED) is 0.370. The van der Waals surface area contributed by atoms with Crippen LogP contribution in [0.15, 0.2) is 59.7 Å². The van der Waals surface area contributed by atoms with E-state index in [1.807, 2.05) is 44.2 Å². The van der Waals surface area contributed by atoms with Crippen LogP contribution in [0.1, 0.15) is 54.5 Å². The molecular weight excluding hydrogens is 436 g/mol. The molecule has 35 heavy (non-hydrogen) atoms. The standard InChI is InChI=1S/C29H32N4O2/c1-18-9-8-10-22(13-18)17-35-26-14-20(3)33(27(34)21(26)4)25-15-24(31-16-19(25)2)23-11-12-30-28(32-23)29(5,6)7/h8-16H,17H2,1-7H3.